The molecular formula is C22H25N5O2. The van der Waals surface area contributed by atoms with Crippen LogP contribution in [0.3, 0.4) is 0 Å². The lowest BCUT2D eigenvalue weighted by Crippen LogP contribution is -2.36. The van der Waals surface area contributed by atoms with Crippen molar-refractivity contribution < 1.29 is 9.59 Å². The lowest BCUT2D eigenvalue weighted by molar-refractivity contribution is -0.132. The molecule has 0 spiro atoms. The molecule has 0 N–H and O–H groups in total. The molecule has 2 unspecified atom stereocenters. The van der Waals surface area contributed by atoms with Gasteiger partial charge in [0.1, 0.15) is 18.1 Å². The summed E-state index contributed by atoms with van der Waals surface area (Å²) in [7, 11) is 0. The molecular weight excluding hydrogens is 366 g/mol. The largest absolute Gasteiger partial charge is 0.338 e. The third-order valence-electron chi connectivity index (χ3n) is 5.59. The maximum atomic E-state index is 12.9. The number of rotatable bonds is 4. The Kier molecular flexibility index (Phi) is 4.90. The maximum absolute atomic E-state index is 12.9. The van der Waals surface area contributed by atoms with Crippen molar-refractivity contribution in [2.45, 2.75) is 46.7 Å². The average molecular weight is 391 g/mol. The van der Waals surface area contributed by atoms with Crippen LogP contribution >= 0.6 is 0 Å². The fourth-order valence-corrected chi connectivity index (χ4v) is 4.15. The van der Waals surface area contributed by atoms with Gasteiger partial charge in [-0.25, -0.2) is 9.97 Å². The molecule has 7 heteroatoms. The predicted octanol–water partition coefficient (Wildman–Crippen LogP) is 3.26. The van der Waals surface area contributed by atoms with E-state index in [1.54, 1.807) is 17.1 Å². The Labute approximate surface area is 169 Å². The second kappa shape index (κ2) is 7.39. The SMILES string of the molecule is CC(=O)c1nn(CC(=O)N2CC(C)CC2C)c2ccc(-c3cnc(C)nc3)cc12. The lowest BCUT2D eigenvalue weighted by atomic mass is 10.0. The standard InChI is InChI=1S/C22H25N5O2/c1-13-7-14(2)26(11-13)21(29)12-27-20-6-5-17(18-9-23-16(4)24-10-18)8-19(20)22(25-27)15(3)28/h5-6,8-10,13-14H,7,11-12H2,1-4H3. The summed E-state index contributed by atoms with van der Waals surface area (Å²) >= 11 is 0. The highest BCUT2D eigenvalue weighted by Crippen LogP contribution is 2.27. The average Bonchev–Trinajstić information content (AvgIpc) is 3.21. The number of aryl methyl sites for hydroxylation is 1. The van der Waals surface area contributed by atoms with Crippen LogP contribution < -0.4 is 0 Å². The number of Topliss-reactive ketones (excluding diaryl/α,β-unsaturated/α-hetero) is 1. The van der Waals surface area contributed by atoms with Gasteiger partial charge in [-0.3, -0.25) is 14.3 Å². The summed E-state index contributed by atoms with van der Waals surface area (Å²) in [4.78, 5) is 35.5. The van der Waals surface area contributed by atoms with Gasteiger partial charge in [-0.2, -0.15) is 5.10 Å². The first-order chi connectivity index (χ1) is 13.8. The Bertz CT molecular complexity index is 1090. The van der Waals surface area contributed by atoms with E-state index in [9.17, 15) is 9.59 Å². The van der Waals surface area contributed by atoms with Gasteiger partial charge in [0.05, 0.1) is 5.52 Å². The molecule has 2 atom stereocenters. The van der Waals surface area contributed by atoms with Crippen molar-refractivity contribution in [3.63, 3.8) is 0 Å². The third-order valence-corrected chi connectivity index (χ3v) is 5.59. The molecule has 1 fully saturated rings. The molecule has 1 amide bonds. The lowest BCUT2D eigenvalue weighted by Gasteiger charge is -2.21. The summed E-state index contributed by atoms with van der Waals surface area (Å²) in [5.41, 5.74) is 2.94. The van der Waals surface area contributed by atoms with Gasteiger partial charge in [-0.1, -0.05) is 13.0 Å². The number of carbonyl (C=O) groups excluding carboxylic acids is 2. The second-order valence-corrected chi connectivity index (χ2v) is 8.05. The van der Waals surface area contributed by atoms with Gasteiger partial charge < -0.3 is 4.90 Å². The van der Waals surface area contributed by atoms with Gasteiger partial charge in [0.25, 0.3) is 0 Å². The van der Waals surface area contributed by atoms with Crippen molar-refractivity contribution in [1.82, 2.24) is 24.6 Å². The molecule has 7 nitrogen and oxygen atoms in total. The summed E-state index contributed by atoms with van der Waals surface area (Å²) in [5, 5.41) is 5.22. The zero-order valence-electron chi connectivity index (χ0n) is 17.2. The van der Waals surface area contributed by atoms with Gasteiger partial charge in [-0.15, -0.1) is 0 Å². The van der Waals surface area contributed by atoms with Crippen LogP contribution in [0.5, 0.6) is 0 Å². The van der Waals surface area contributed by atoms with Crippen LogP contribution in [0.2, 0.25) is 0 Å². The molecule has 1 saturated heterocycles. The van der Waals surface area contributed by atoms with Gasteiger partial charge in [0.15, 0.2) is 5.78 Å². The minimum absolute atomic E-state index is 0.0392. The molecule has 1 aliphatic rings. The number of ketones is 1. The van der Waals surface area contributed by atoms with Crippen LogP contribution in [-0.2, 0) is 11.3 Å². The van der Waals surface area contributed by atoms with Gasteiger partial charge in [0.2, 0.25) is 5.91 Å². The highest BCUT2D eigenvalue weighted by Gasteiger charge is 2.30. The summed E-state index contributed by atoms with van der Waals surface area (Å²) in [6, 6.07) is 6.02. The molecule has 4 rings (SSSR count). The predicted molar refractivity (Wildman–Crippen MR) is 110 cm³/mol. The molecule has 0 radical (unpaired) electrons. The van der Waals surface area contributed by atoms with E-state index in [2.05, 4.69) is 28.9 Å². The van der Waals surface area contributed by atoms with E-state index in [0.29, 0.717) is 17.4 Å². The van der Waals surface area contributed by atoms with Crippen LogP contribution in [-0.4, -0.2) is 48.9 Å². The van der Waals surface area contributed by atoms with E-state index in [-0.39, 0.29) is 24.3 Å². The van der Waals surface area contributed by atoms with Crippen molar-refractivity contribution in [1.29, 1.82) is 0 Å². The Hall–Kier alpha value is -3.09. The molecule has 3 heterocycles. The number of aromatic nitrogens is 4. The number of amides is 1. The summed E-state index contributed by atoms with van der Waals surface area (Å²) in [6.07, 6.45) is 4.55. The smallest absolute Gasteiger partial charge is 0.244 e. The van der Waals surface area contributed by atoms with Crippen molar-refractivity contribution in [2.75, 3.05) is 6.54 Å². The highest BCUT2D eigenvalue weighted by atomic mass is 16.2. The van der Waals surface area contributed by atoms with Crippen molar-refractivity contribution in [2.24, 2.45) is 5.92 Å². The number of nitrogens with zero attached hydrogens (tertiary/aromatic N) is 5. The molecule has 3 aromatic rings. The first kappa shape index (κ1) is 19.2. The molecule has 1 aliphatic heterocycles. The third kappa shape index (κ3) is 3.64. The first-order valence-electron chi connectivity index (χ1n) is 9.93. The van der Waals surface area contributed by atoms with Crippen LogP contribution in [0.15, 0.2) is 30.6 Å². The van der Waals surface area contributed by atoms with Crippen LogP contribution in [0.25, 0.3) is 22.0 Å². The van der Waals surface area contributed by atoms with E-state index in [0.717, 1.165) is 35.0 Å². The van der Waals surface area contributed by atoms with E-state index in [1.807, 2.05) is 30.0 Å². The number of likely N-dealkylation sites (tertiary alicyclic amines) is 1. The Morgan fingerprint density at radius 2 is 1.86 bits per heavy atom. The quantitative estimate of drug-likeness (QED) is 0.638. The fraction of sp³-hybridized carbons (Fsp3) is 0.409. The normalized spacial score (nSPS) is 19.1. The van der Waals surface area contributed by atoms with Crippen molar-refractivity contribution in [3.05, 3.63) is 42.1 Å². The number of fused-ring (bicyclic) bond motifs is 1. The monoisotopic (exact) mass is 391 g/mol. The zero-order chi connectivity index (χ0) is 20.7. The topological polar surface area (TPSA) is 81.0 Å². The molecule has 150 valence electrons. The van der Waals surface area contributed by atoms with E-state index < -0.39 is 0 Å². The minimum atomic E-state index is -0.123. The van der Waals surface area contributed by atoms with Gasteiger partial charge in [-0.05, 0) is 43.9 Å². The highest BCUT2D eigenvalue weighted by molar-refractivity contribution is 6.06. The summed E-state index contributed by atoms with van der Waals surface area (Å²) < 4.78 is 1.65. The second-order valence-electron chi connectivity index (χ2n) is 8.05. The van der Waals surface area contributed by atoms with E-state index in [4.69, 9.17) is 0 Å². The first-order valence-corrected chi connectivity index (χ1v) is 9.93. The number of hydrogen-bond donors (Lipinski definition) is 0. The van der Waals surface area contributed by atoms with E-state index in [1.165, 1.54) is 6.92 Å². The van der Waals surface area contributed by atoms with Crippen molar-refractivity contribution >= 4 is 22.6 Å². The minimum Gasteiger partial charge on any atom is -0.338 e. The van der Waals surface area contributed by atoms with Gasteiger partial charge in [0, 0.05) is 42.9 Å². The fourth-order valence-electron chi connectivity index (χ4n) is 4.15. The van der Waals surface area contributed by atoms with Crippen molar-refractivity contribution in [3.8, 4) is 11.1 Å². The Morgan fingerprint density at radius 1 is 1.14 bits per heavy atom. The van der Waals surface area contributed by atoms with Crippen LogP contribution in [0.1, 0.15) is 43.5 Å². The summed E-state index contributed by atoms with van der Waals surface area (Å²) in [5.74, 6) is 1.13. The Morgan fingerprint density at radius 3 is 2.48 bits per heavy atom. The maximum Gasteiger partial charge on any atom is 0.244 e. The van der Waals surface area contributed by atoms with Gasteiger partial charge >= 0.3 is 0 Å². The van der Waals surface area contributed by atoms with Crippen LogP contribution in [0, 0.1) is 12.8 Å². The summed E-state index contributed by atoms with van der Waals surface area (Å²) in [6.45, 7) is 8.49. The number of benzene rings is 1. The Balaban J connectivity index is 1.71. The van der Waals surface area contributed by atoms with E-state index >= 15 is 0 Å². The molecule has 0 saturated carbocycles. The number of carbonyl (C=O) groups is 2. The molecule has 1 aromatic carbocycles. The molecule has 29 heavy (non-hydrogen) atoms. The zero-order valence-corrected chi connectivity index (χ0v) is 17.2. The number of hydrogen-bond acceptors (Lipinski definition) is 5. The molecule has 2 aromatic heterocycles. The van der Waals surface area contributed by atoms with Crippen LogP contribution in [0.4, 0.5) is 0 Å². The molecule has 0 aliphatic carbocycles. The molecule has 0 bridgehead atoms.